The Morgan fingerprint density at radius 3 is 2.64 bits per heavy atom. The van der Waals surface area contributed by atoms with Gasteiger partial charge in [0.2, 0.25) is 0 Å². The SMILES string of the molecule is CCCCC(C)(C)C(O)CCC1C(N=O)CC(=O)C1CC=CCCCC(=O)O. The largest absolute Gasteiger partial charge is 0.481 e. The van der Waals surface area contributed by atoms with E-state index in [4.69, 9.17) is 5.11 Å². The number of carbonyl (C=O) groups is 2. The third-order valence-corrected chi connectivity index (χ3v) is 6.14. The van der Waals surface area contributed by atoms with E-state index >= 15 is 0 Å². The standard InChI is InChI=1S/C22H37NO5/c1-4-5-14-22(2,3)20(25)13-12-16-17(19(24)15-18(16)23-28)10-8-6-7-9-11-21(26)27/h6,8,16-18,20,25H,4-5,7,9-15H2,1-3H3,(H,26,27). The number of Topliss-reactive ketones (excluding diaryl/α,β-unsaturated/α-hetero) is 1. The van der Waals surface area contributed by atoms with Gasteiger partial charge in [0.1, 0.15) is 11.8 Å². The van der Waals surface area contributed by atoms with Gasteiger partial charge in [0.25, 0.3) is 0 Å². The van der Waals surface area contributed by atoms with E-state index < -0.39 is 18.1 Å². The number of nitrogens with zero attached hydrogens (tertiary/aromatic N) is 1. The molecule has 0 aromatic carbocycles. The number of hydrogen-bond acceptors (Lipinski definition) is 5. The van der Waals surface area contributed by atoms with Crippen LogP contribution in [0.1, 0.15) is 85.0 Å². The number of carboxylic acid groups (broad SMARTS) is 1. The maximum Gasteiger partial charge on any atom is 0.303 e. The highest BCUT2D eigenvalue weighted by molar-refractivity contribution is 5.84. The minimum absolute atomic E-state index is 0.0736. The van der Waals surface area contributed by atoms with Crippen LogP contribution in [-0.2, 0) is 9.59 Å². The molecule has 0 aromatic heterocycles. The van der Waals surface area contributed by atoms with E-state index in [2.05, 4.69) is 25.9 Å². The fraction of sp³-hybridized carbons (Fsp3) is 0.818. The summed E-state index contributed by atoms with van der Waals surface area (Å²) in [5, 5.41) is 22.5. The molecule has 4 atom stereocenters. The Bertz CT molecular complexity index is 543. The topological polar surface area (TPSA) is 104 Å². The van der Waals surface area contributed by atoms with Crippen molar-refractivity contribution in [2.45, 2.75) is 97.1 Å². The Morgan fingerprint density at radius 1 is 1.32 bits per heavy atom. The highest BCUT2D eigenvalue weighted by atomic mass is 16.4. The van der Waals surface area contributed by atoms with Gasteiger partial charge in [-0.2, -0.15) is 4.91 Å². The molecule has 1 aliphatic rings. The number of aliphatic hydroxyl groups is 1. The zero-order valence-corrected chi connectivity index (χ0v) is 17.6. The molecule has 0 heterocycles. The molecule has 6 heteroatoms. The lowest BCUT2D eigenvalue weighted by molar-refractivity contribution is -0.137. The molecule has 0 spiro atoms. The van der Waals surface area contributed by atoms with Crippen LogP contribution in [-0.4, -0.2) is 34.1 Å². The Labute approximate surface area is 168 Å². The lowest BCUT2D eigenvalue weighted by Crippen LogP contribution is -2.31. The molecule has 0 amide bonds. The lowest BCUT2D eigenvalue weighted by atomic mass is 9.77. The Balaban J connectivity index is 2.61. The normalized spacial score (nSPS) is 24.0. The van der Waals surface area contributed by atoms with Crippen molar-refractivity contribution in [2.75, 3.05) is 0 Å². The molecule has 4 unspecified atom stereocenters. The molecule has 1 saturated carbocycles. The molecular formula is C22H37NO5. The summed E-state index contributed by atoms with van der Waals surface area (Å²) in [6.07, 6.45) is 9.80. The number of hydrogen-bond donors (Lipinski definition) is 2. The smallest absolute Gasteiger partial charge is 0.303 e. The summed E-state index contributed by atoms with van der Waals surface area (Å²) in [5.74, 6) is -1.08. The zero-order valence-electron chi connectivity index (χ0n) is 17.6. The third kappa shape index (κ3) is 7.82. The van der Waals surface area contributed by atoms with E-state index in [0.717, 1.165) is 19.3 Å². The predicted octanol–water partition coefficient (Wildman–Crippen LogP) is 4.89. The average Bonchev–Trinajstić information content (AvgIpc) is 2.95. The van der Waals surface area contributed by atoms with E-state index in [-0.39, 0.29) is 35.9 Å². The number of allylic oxidation sites excluding steroid dienone is 2. The molecule has 0 saturated heterocycles. The zero-order chi connectivity index (χ0) is 21.2. The van der Waals surface area contributed by atoms with Crippen molar-refractivity contribution in [3.8, 4) is 0 Å². The molecule has 160 valence electrons. The summed E-state index contributed by atoms with van der Waals surface area (Å²) in [5.41, 5.74) is -0.178. The summed E-state index contributed by atoms with van der Waals surface area (Å²) in [6, 6.07) is -0.496. The molecule has 0 bridgehead atoms. The fourth-order valence-corrected chi connectivity index (χ4v) is 4.10. The van der Waals surface area contributed by atoms with Gasteiger partial charge in [-0.15, -0.1) is 0 Å². The number of aliphatic carboxylic acids is 1. The first-order valence-electron chi connectivity index (χ1n) is 10.6. The van der Waals surface area contributed by atoms with Crippen LogP contribution in [0.2, 0.25) is 0 Å². The van der Waals surface area contributed by atoms with Gasteiger partial charge in [-0.3, -0.25) is 9.59 Å². The van der Waals surface area contributed by atoms with Gasteiger partial charge in [0, 0.05) is 18.8 Å². The molecule has 2 N–H and O–H groups in total. The summed E-state index contributed by atoms with van der Waals surface area (Å²) in [6.45, 7) is 6.27. The number of carboxylic acids is 1. The molecule has 1 fully saturated rings. The lowest BCUT2D eigenvalue weighted by Gasteiger charge is -2.32. The highest BCUT2D eigenvalue weighted by Gasteiger charge is 2.43. The number of rotatable bonds is 14. The number of aliphatic hydroxyl groups excluding tert-OH is 1. The predicted molar refractivity (Wildman–Crippen MR) is 110 cm³/mol. The van der Waals surface area contributed by atoms with Gasteiger partial charge >= 0.3 is 5.97 Å². The molecule has 0 aromatic rings. The second-order valence-corrected chi connectivity index (χ2v) is 8.79. The molecular weight excluding hydrogens is 358 g/mol. The van der Waals surface area contributed by atoms with Crippen molar-refractivity contribution < 1.29 is 19.8 Å². The van der Waals surface area contributed by atoms with E-state index in [1.165, 1.54) is 0 Å². The van der Waals surface area contributed by atoms with E-state index in [1.54, 1.807) is 0 Å². The Kier molecular flexibility index (Phi) is 10.6. The van der Waals surface area contributed by atoms with Crippen LogP contribution >= 0.6 is 0 Å². The first-order valence-corrected chi connectivity index (χ1v) is 10.6. The summed E-state index contributed by atoms with van der Waals surface area (Å²) in [7, 11) is 0. The summed E-state index contributed by atoms with van der Waals surface area (Å²) >= 11 is 0. The Hall–Kier alpha value is -1.56. The van der Waals surface area contributed by atoms with Crippen LogP contribution in [0.4, 0.5) is 0 Å². The molecule has 28 heavy (non-hydrogen) atoms. The molecule has 1 aliphatic carbocycles. The molecule has 0 radical (unpaired) electrons. The van der Waals surface area contributed by atoms with Crippen LogP contribution in [0, 0.1) is 22.2 Å². The van der Waals surface area contributed by atoms with Crippen LogP contribution in [0.15, 0.2) is 17.3 Å². The monoisotopic (exact) mass is 395 g/mol. The third-order valence-electron chi connectivity index (χ3n) is 6.14. The van der Waals surface area contributed by atoms with Gasteiger partial charge in [0.05, 0.1) is 6.10 Å². The maximum atomic E-state index is 12.4. The van der Waals surface area contributed by atoms with Gasteiger partial charge < -0.3 is 10.2 Å². The second kappa shape index (κ2) is 12.1. The van der Waals surface area contributed by atoms with Crippen molar-refractivity contribution in [3.63, 3.8) is 0 Å². The van der Waals surface area contributed by atoms with Crippen molar-refractivity contribution in [1.82, 2.24) is 0 Å². The van der Waals surface area contributed by atoms with E-state index in [0.29, 0.717) is 32.1 Å². The number of nitroso groups, excluding NO2 is 1. The first-order chi connectivity index (χ1) is 13.2. The number of unbranched alkanes of at least 4 members (excludes halogenated alkanes) is 2. The van der Waals surface area contributed by atoms with Crippen molar-refractivity contribution in [1.29, 1.82) is 0 Å². The van der Waals surface area contributed by atoms with Crippen LogP contribution in [0.3, 0.4) is 0 Å². The second-order valence-electron chi connectivity index (χ2n) is 8.79. The van der Waals surface area contributed by atoms with Gasteiger partial charge in [-0.25, -0.2) is 0 Å². The number of carbonyl (C=O) groups excluding carboxylic acids is 1. The van der Waals surface area contributed by atoms with Crippen LogP contribution in [0.5, 0.6) is 0 Å². The summed E-state index contributed by atoms with van der Waals surface area (Å²) < 4.78 is 0. The molecule has 1 rings (SSSR count). The van der Waals surface area contributed by atoms with E-state index in [1.807, 2.05) is 12.2 Å². The summed E-state index contributed by atoms with van der Waals surface area (Å²) in [4.78, 5) is 34.1. The minimum Gasteiger partial charge on any atom is -0.481 e. The maximum absolute atomic E-state index is 12.4. The first kappa shape index (κ1) is 24.5. The van der Waals surface area contributed by atoms with Gasteiger partial charge in [-0.1, -0.05) is 50.9 Å². The van der Waals surface area contributed by atoms with Gasteiger partial charge in [-0.05, 0) is 49.9 Å². The minimum atomic E-state index is -0.806. The Morgan fingerprint density at radius 2 is 2.04 bits per heavy atom. The quantitative estimate of drug-likeness (QED) is 0.248. The van der Waals surface area contributed by atoms with Gasteiger partial charge in [0.15, 0.2) is 0 Å². The molecule has 6 nitrogen and oxygen atoms in total. The highest BCUT2D eigenvalue weighted by Crippen LogP contribution is 2.39. The number of ketones is 1. The van der Waals surface area contributed by atoms with Crippen LogP contribution in [0.25, 0.3) is 0 Å². The van der Waals surface area contributed by atoms with Crippen LogP contribution < -0.4 is 0 Å². The van der Waals surface area contributed by atoms with Crippen molar-refractivity contribution >= 4 is 11.8 Å². The fourth-order valence-electron chi connectivity index (χ4n) is 4.10. The average molecular weight is 396 g/mol. The van der Waals surface area contributed by atoms with E-state index in [9.17, 15) is 19.6 Å². The molecule has 0 aliphatic heterocycles. The van der Waals surface area contributed by atoms with Crippen molar-refractivity contribution in [2.24, 2.45) is 22.4 Å². The van der Waals surface area contributed by atoms with Crippen molar-refractivity contribution in [3.05, 3.63) is 17.1 Å².